The standard InChI is InChI=1S/C17H17N3O2S/c21-15-7-6-13(16(22)18-15)20-10-11-23-17-14(20)8-9-19(17)12-4-2-1-3-5-12/h1-5,8-9,13H,6-7,10-11H2,(H,18,21,22). The fraction of sp³-hybridized carbons (Fsp3) is 0.294. The van der Waals surface area contributed by atoms with E-state index in [0.717, 1.165) is 28.7 Å². The van der Waals surface area contributed by atoms with E-state index in [0.29, 0.717) is 12.8 Å². The smallest absolute Gasteiger partial charge is 0.249 e. The number of nitrogens with one attached hydrogen (secondary N) is 1. The van der Waals surface area contributed by atoms with Crippen molar-refractivity contribution in [1.29, 1.82) is 0 Å². The summed E-state index contributed by atoms with van der Waals surface area (Å²) in [6.07, 6.45) is 3.05. The first-order valence-electron chi connectivity index (χ1n) is 7.74. The normalized spacial score (nSPS) is 21.0. The minimum absolute atomic E-state index is 0.167. The Hall–Kier alpha value is -2.21. The molecule has 1 aromatic heterocycles. The highest BCUT2D eigenvalue weighted by atomic mass is 32.2. The minimum Gasteiger partial charge on any atom is -0.356 e. The Labute approximate surface area is 138 Å². The summed E-state index contributed by atoms with van der Waals surface area (Å²) in [6, 6.07) is 12.0. The van der Waals surface area contributed by atoms with E-state index in [1.807, 2.05) is 30.0 Å². The molecular formula is C17H17N3O2S. The van der Waals surface area contributed by atoms with Gasteiger partial charge in [0.2, 0.25) is 11.8 Å². The first kappa shape index (κ1) is 14.4. The van der Waals surface area contributed by atoms with E-state index in [4.69, 9.17) is 0 Å². The number of benzene rings is 1. The largest absolute Gasteiger partial charge is 0.356 e. The van der Waals surface area contributed by atoms with Gasteiger partial charge in [-0.1, -0.05) is 18.2 Å². The predicted molar refractivity (Wildman–Crippen MR) is 90.0 cm³/mol. The molecule has 2 aromatic rings. The van der Waals surface area contributed by atoms with Gasteiger partial charge in [0.15, 0.2) is 0 Å². The third-order valence-electron chi connectivity index (χ3n) is 4.32. The van der Waals surface area contributed by atoms with Gasteiger partial charge in [0, 0.05) is 30.6 Å². The van der Waals surface area contributed by atoms with Gasteiger partial charge in [-0.15, -0.1) is 11.8 Å². The number of rotatable bonds is 2. The molecule has 0 bridgehead atoms. The first-order valence-corrected chi connectivity index (χ1v) is 8.72. The van der Waals surface area contributed by atoms with Crippen molar-refractivity contribution in [2.75, 3.05) is 17.2 Å². The number of hydrogen-bond acceptors (Lipinski definition) is 4. The van der Waals surface area contributed by atoms with Gasteiger partial charge in [-0.05, 0) is 24.6 Å². The third kappa shape index (κ3) is 2.53. The summed E-state index contributed by atoms with van der Waals surface area (Å²) < 4.78 is 2.16. The molecule has 5 nitrogen and oxygen atoms in total. The van der Waals surface area contributed by atoms with E-state index >= 15 is 0 Å². The number of amides is 2. The van der Waals surface area contributed by atoms with Gasteiger partial charge in [0.05, 0.1) is 5.69 Å². The van der Waals surface area contributed by atoms with Crippen LogP contribution in [0.25, 0.3) is 5.69 Å². The van der Waals surface area contributed by atoms with Crippen LogP contribution in [0, 0.1) is 0 Å². The highest BCUT2D eigenvalue weighted by Gasteiger charge is 2.35. The van der Waals surface area contributed by atoms with Crippen molar-refractivity contribution < 1.29 is 9.59 Å². The fourth-order valence-corrected chi connectivity index (χ4v) is 4.35. The number of imide groups is 1. The van der Waals surface area contributed by atoms with Crippen LogP contribution in [0.15, 0.2) is 47.6 Å². The molecule has 4 rings (SSSR count). The van der Waals surface area contributed by atoms with Crippen LogP contribution in [0.2, 0.25) is 0 Å². The van der Waals surface area contributed by atoms with E-state index in [9.17, 15) is 9.59 Å². The van der Waals surface area contributed by atoms with Crippen molar-refractivity contribution in [2.45, 2.75) is 23.9 Å². The maximum atomic E-state index is 12.2. The van der Waals surface area contributed by atoms with Gasteiger partial charge in [0.25, 0.3) is 0 Å². The van der Waals surface area contributed by atoms with Crippen LogP contribution < -0.4 is 10.2 Å². The number of nitrogens with zero attached hydrogens (tertiary/aromatic N) is 2. The summed E-state index contributed by atoms with van der Waals surface area (Å²) in [4.78, 5) is 25.7. The molecule has 2 aliphatic heterocycles. The molecule has 2 amide bonds. The molecule has 1 fully saturated rings. The highest BCUT2D eigenvalue weighted by Crippen LogP contribution is 2.39. The van der Waals surface area contributed by atoms with Crippen molar-refractivity contribution in [3.8, 4) is 5.69 Å². The minimum atomic E-state index is -0.251. The Morgan fingerprint density at radius 1 is 1.13 bits per heavy atom. The zero-order valence-electron chi connectivity index (χ0n) is 12.6. The molecular weight excluding hydrogens is 310 g/mol. The molecule has 0 spiro atoms. The lowest BCUT2D eigenvalue weighted by Gasteiger charge is -2.37. The van der Waals surface area contributed by atoms with Crippen LogP contribution in [0.1, 0.15) is 12.8 Å². The SMILES string of the molecule is O=C1CCC(N2CCSc3c2ccn3-c2ccccc2)C(=O)N1. The van der Waals surface area contributed by atoms with Crippen molar-refractivity contribution in [3.05, 3.63) is 42.6 Å². The number of piperidine rings is 1. The number of para-hydroxylation sites is 1. The summed E-state index contributed by atoms with van der Waals surface area (Å²) in [5, 5.41) is 3.62. The maximum Gasteiger partial charge on any atom is 0.249 e. The number of aromatic nitrogens is 1. The predicted octanol–water partition coefficient (Wildman–Crippen LogP) is 2.19. The number of hydrogen-bond donors (Lipinski definition) is 1. The summed E-state index contributed by atoms with van der Waals surface area (Å²) >= 11 is 1.81. The molecule has 1 N–H and O–H groups in total. The molecule has 1 saturated heterocycles. The summed E-state index contributed by atoms with van der Waals surface area (Å²) in [5.41, 5.74) is 2.20. The molecule has 2 aliphatic rings. The lowest BCUT2D eigenvalue weighted by Crippen LogP contribution is -2.53. The van der Waals surface area contributed by atoms with E-state index in [1.54, 1.807) is 0 Å². The third-order valence-corrected chi connectivity index (χ3v) is 5.39. The highest BCUT2D eigenvalue weighted by molar-refractivity contribution is 7.99. The molecule has 3 heterocycles. The second-order valence-corrected chi connectivity index (χ2v) is 6.80. The first-order chi connectivity index (χ1) is 11.2. The molecule has 1 aromatic carbocycles. The molecule has 118 valence electrons. The van der Waals surface area contributed by atoms with Crippen LogP contribution in [0.5, 0.6) is 0 Å². The number of anilines is 1. The number of carbonyl (C=O) groups is 2. The van der Waals surface area contributed by atoms with Crippen LogP contribution in [-0.4, -0.2) is 34.7 Å². The molecule has 0 saturated carbocycles. The van der Waals surface area contributed by atoms with E-state index < -0.39 is 0 Å². The zero-order chi connectivity index (χ0) is 15.8. The molecule has 0 radical (unpaired) electrons. The Morgan fingerprint density at radius 2 is 1.96 bits per heavy atom. The van der Waals surface area contributed by atoms with Crippen molar-refractivity contribution in [1.82, 2.24) is 9.88 Å². The summed E-state index contributed by atoms with van der Waals surface area (Å²) in [7, 11) is 0. The van der Waals surface area contributed by atoms with Gasteiger partial charge in [-0.3, -0.25) is 14.9 Å². The Kier molecular flexibility index (Phi) is 3.61. The van der Waals surface area contributed by atoms with E-state index in [2.05, 4.69) is 39.2 Å². The molecule has 1 unspecified atom stereocenters. The Morgan fingerprint density at radius 3 is 2.74 bits per heavy atom. The van der Waals surface area contributed by atoms with Crippen LogP contribution in [0.3, 0.4) is 0 Å². The van der Waals surface area contributed by atoms with Crippen molar-refractivity contribution in [3.63, 3.8) is 0 Å². The van der Waals surface area contributed by atoms with Gasteiger partial charge in [0.1, 0.15) is 11.1 Å². The number of fused-ring (bicyclic) bond motifs is 1. The quantitative estimate of drug-likeness (QED) is 0.859. The van der Waals surface area contributed by atoms with Gasteiger partial charge < -0.3 is 9.47 Å². The molecule has 23 heavy (non-hydrogen) atoms. The maximum absolute atomic E-state index is 12.2. The topological polar surface area (TPSA) is 54.3 Å². The van der Waals surface area contributed by atoms with Gasteiger partial charge in [-0.25, -0.2) is 0 Å². The summed E-state index contributed by atoms with van der Waals surface area (Å²) in [5.74, 6) is 0.591. The lowest BCUT2D eigenvalue weighted by molar-refractivity contribution is -0.134. The monoisotopic (exact) mass is 327 g/mol. The average molecular weight is 327 g/mol. The summed E-state index contributed by atoms with van der Waals surface area (Å²) in [6.45, 7) is 0.822. The lowest BCUT2D eigenvalue weighted by atomic mass is 10.0. The molecule has 6 heteroatoms. The van der Waals surface area contributed by atoms with Crippen molar-refractivity contribution >= 4 is 29.3 Å². The Bertz CT molecular complexity index is 756. The Balaban J connectivity index is 1.69. The second-order valence-electron chi connectivity index (χ2n) is 5.72. The zero-order valence-corrected chi connectivity index (χ0v) is 13.4. The number of thioether (sulfide) groups is 1. The van der Waals surface area contributed by atoms with E-state index in [-0.39, 0.29) is 17.9 Å². The van der Waals surface area contributed by atoms with Crippen LogP contribution >= 0.6 is 11.8 Å². The van der Waals surface area contributed by atoms with Crippen LogP contribution in [0.4, 0.5) is 5.69 Å². The van der Waals surface area contributed by atoms with E-state index in [1.165, 1.54) is 0 Å². The number of carbonyl (C=O) groups excluding carboxylic acids is 2. The second kappa shape index (κ2) is 5.77. The van der Waals surface area contributed by atoms with Crippen LogP contribution in [-0.2, 0) is 9.59 Å². The van der Waals surface area contributed by atoms with Gasteiger partial charge >= 0.3 is 0 Å². The van der Waals surface area contributed by atoms with Crippen molar-refractivity contribution in [2.24, 2.45) is 0 Å². The fourth-order valence-electron chi connectivity index (χ4n) is 3.23. The average Bonchev–Trinajstić information content (AvgIpc) is 3.00. The molecule has 0 aliphatic carbocycles. The van der Waals surface area contributed by atoms with Gasteiger partial charge in [-0.2, -0.15) is 0 Å². The molecule has 1 atom stereocenters.